The maximum atomic E-state index is 4.63. The maximum absolute atomic E-state index is 4.63. The molecule has 2 heterocycles. The number of hydrogen-bond donors (Lipinski definition) is 2. The van der Waals surface area contributed by atoms with Gasteiger partial charge in [0.25, 0.3) is 0 Å². The molecule has 1 aromatic carbocycles. The zero-order chi connectivity index (χ0) is 20.1. The van der Waals surface area contributed by atoms with Crippen LogP contribution in [0.3, 0.4) is 0 Å². The molecule has 1 aliphatic carbocycles. The number of likely N-dealkylation sites (tertiary alicyclic amines) is 1. The lowest BCUT2D eigenvalue weighted by atomic mass is 9.94. The highest BCUT2D eigenvalue weighted by Crippen LogP contribution is 2.32. The van der Waals surface area contributed by atoms with Gasteiger partial charge in [-0.25, -0.2) is 0 Å². The molecule has 2 N–H and O–H groups in total. The first-order chi connectivity index (χ1) is 14.2. The Balaban J connectivity index is 0.00000256. The number of benzene rings is 1. The van der Waals surface area contributed by atoms with Crippen LogP contribution in [0.4, 0.5) is 0 Å². The predicted octanol–water partition coefficient (Wildman–Crippen LogP) is 3.79. The standard InChI is InChI=1S/C24H37N5.HI/c1-20(21-10-4-3-5-11-21)27-24(13-6-7-14-24)19-26-23(25-2)29-17-12-22(18-29)28-15-8-9-16-28;/h3-5,8-11,20,22,27H,6-7,12-19H2,1-2H3,(H,25,26);1H. The van der Waals surface area contributed by atoms with Crippen molar-refractivity contribution < 1.29 is 0 Å². The zero-order valence-electron chi connectivity index (χ0n) is 18.5. The van der Waals surface area contributed by atoms with Crippen molar-refractivity contribution in [2.24, 2.45) is 4.99 Å². The van der Waals surface area contributed by atoms with Crippen LogP contribution in [0.5, 0.6) is 0 Å². The summed E-state index contributed by atoms with van der Waals surface area (Å²) < 4.78 is 0. The molecule has 2 fully saturated rings. The third-order valence-corrected chi connectivity index (χ3v) is 7.01. The lowest BCUT2D eigenvalue weighted by molar-refractivity contribution is 0.258. The molecule has 0 amide bonds. The van der Waals surface area contributed by atoms with E-state index in [0.717, 1.165) is 38.7 Å². The Morgan fingerprint density at radius 2 is 1.87 bits per heavy atom. The van der Waals surface area contributed by atoms with E-state index < -0.39 is 0 Å². The van der Waals surface area contributed by atoms with Gasteiger partial charge < -0.3 is 15.5 Å². The molecule has 30 heavy (non-hydrogen) atoms. The first-order valence-electron chi connectivity index (χ1n) is 11.4. The van der Waals surface area contributed by atoms with Crippen LogP contribution < -0.4 is 10.6 Å². The molecule has 6 heteroatoms. The van der Waals surface area contributed by atoms with E-state index in [4.69, 9.17) is 0 Å². The smallest absolute Gasteiger partial charge is 0.193 e. The molecule has 0 radical (unpaired) electrons. The summed E-state index contributed by atoms with van der Waals surface area (Å²) in [6.07, 6.45) is 10.9. The summed E-state index contributed by atoms with van der Waals surface area (Å²) >= 11 is 0. The summed E-state index contributed by atoms with van der Waals surface area (Å²) in [6, 6.07) is 11.8. The number of aliphatic imine (C=N–C) groups is 1. The topological polar surface area (TPSA) is 42.9 Å². The van der Waals surface area contributed by atoms with E-state index >= 15 is 0 Å². The average molecular weight is 524 g/mol. The minimum atomic E-state index is 0. The number of guanidine groups is 1. The van der Waals surface area contributed by atoms with Crippen LogP contribution in [0, 0.1) is 0 Å². The molecular weight excluding hydrogens is 485 g/mol. The molecule has 1 saturated heterocycles. The molecule has 0 spiro atoms. The Labute approximate surface area is 199 Å². The number of halogens is 1. The van der Waals surface area contributed by atoms with Gasteiger partial charge >= 0.3 is 0 Å². The largest absolute Gasteiger partial charge is 0.354 e. The van der Waals surface area contributed by atoms with E-state index in [1.54, 1.807) is 0 Å². The van der Waals surface area contributed by atoms with Crippen LogP contribution in [0.1, 0.15) is 50.6 Å². The molecule has 2 unspecified atom stereocenters. The minimum absolute atomic E-state index is 0. The van der Waals surface area contributed by atoms with Crippen molar-refractivity contribution in [1.29, 1.82) is 0 Å². The van der Waals surface area contributed by atoms with Crippen molar-refractivity contribution in [3.8, 4) is 0 Å². The summed E-state index contributed by atoms with van der Waals surface area (Å²) in [5.74, 6) is 1.07. The Morgan fingerprint density at radius 3 is 2.53 bits per heavy atom. The molecular formula is C24H38IN5. The minimum Gasteiger partial charge on any atom is -0.354 e. The van der Waals surface area contributed by atoms with Gasteiger partial charge in [0.1, 0.15) is 0 Å². The second-order valence-electron chi connectivity index (χ2n) is 8.98. The van der Waals surface area contributed by atoms with Crippen molar-refractivity contribution in [2.45, 2.75) is 56.7 Å². The van der Waals surface area contributed by atoms with E-state index in [2.05, 4.69) is 74.8 Å². The van der Waals surface area contributed by atoms with Gasteiger partial charge in [0.15, 0.2) is 5.96 Å². The molecule has 5 nitrogen and oxygen atoms in total. The monoisotopic (exact) mass is 523 g/mol. The summed E-state index contributed by atoms with van der Waals surface area (Å²) in [6.45, 7) is 7.64. The molecule has 0 aromatic heterocycles. The third kappa shape index (κ3) is 5.56. The van der Waals surface area contributed by atoms with E-state index in [0.29, 0.717) is 12.1 Å². The molecule has 166 valence electrons. The molecule has 0 bridgehead atoms. The summed E-state index contributed by atoms with van der Waals surface area (Å²) in [5.41, 5.74) is 1.52. The molecule has 2 atom stereocenters. The number of rotatable bonds is 6. The van der Waals surface area contributed by atoms with Gasteiger partial charge in [0, 0.05) is 57.4 Å². The van der Waals surface area contributed by atoms with Crippen LogP contribution in [0.2, 0.25) is 0 Å². The Morgan fingerprint density at radius 1 is 1.17 bits per heavy atom. The van der Waals surface area contributed by atoms with Crippen molar-refractivity contribution >= 4 is 29.9 Å². The molecule has 1 aromatic rings. The van der Waals surface area contributed by atoms with Crippen molar-refractivity contribution in [1.82, 2.24) is 20.4 Å². The highest BCUT2D eigenvalue weighted by Gasteiger charge is 2.36. The fourth-order valence-electron chi connectivity index (χ4n) is 5.31. The Kier molecular flexibility index (Phi) is 8.60. The Bertz CT molecular complexity index is 706. The van der Waals surface area contributed by atoms with Gasteiger partial charge in [-0.1, -0.05) is 55.3 Å². The molecule has 3 aliphatic rings. The van der Waals surface area contributed by atoms with Crippen molar-refractivity contribution in [3.05, 3.63) is 48.0 Å². The van der Waals surface area contributed by atoms with Crippen LogP contribution in [0.15, 0.2) is 47.5 Å². The predicted molar refractivity (Wildman–Crippen MR) is 137 cm³/mol. The summed E-state index contributed by atoms with van der Waals surface area (Å²) in [7, 11) is 1.93. The molecule has 4 rings (SSSR count). The highest BCUT2D eigenvalue weighted by atomic mass is 127. The summed E-state index contributed by atoms with van der Waals surface area (Å²) in [4.78, 5) is 9.66. The maximum Gasteiger partial charge on any atom is 0.193 e. The summed E-state index contributed by atoms with van der Waals surface area (Å²) in [5, 5.41) is 7.72. The van der Waals surface area contributed by atoms with Gasteiger partial charge in [-0.15, -0.1) is 24.0 Å². The van der Waals surface area contributed by atoms with Crippen LogP contribution >= 0.6 is 24.0 Å². The highest BCUT2D eigenvalue weighted by molar-refractivity contribution is 14.0. The van der Waals surface area contributed by atoms with Gasteiger partial charge in [-0.05, 0) is 31.7 Å². The Hall–Kier alpha value is -1.12. The van der Waals surface area contributed by atoms with Crippen molar-refractivity contribution in [3.63, 3.8) is 0 Å². The zero-order valence-corrected chi connectivity index (χ0v) is 20.8. The fraction of sp³-hybridized carbons (Fsp3) is 0.625. The average Bonchev–Trinajstić information content (AvgIpc) is 3.51. The van der Waals surface area contributed by atoms with Crippen molar-refractivity contribution in [2.75, 3.05) is 39.8 Å². The van der Waals surface area contributed by atoms with Gasteiger partial charge in [-0.2, -0.15) is 0 Å². The van der Waals surface area contributed by atoms with Crippen LogP contribution in [-0.4, -0.2) is 67.1 Å². The van der Waals surface area contributed by atoms with Crippen LogP contribution in [-0.2, 0) is 0 Å². The van der Waals surface area contributed by atoms with E-state index in [1.807, 2.05) is 7.05 Å². The van der Waals surface area contributed by atoms with Gasteiger partial charge in [0.05, 0.1) is 0 Å². The second-order valence-corrected chi connectivity index (χ2v) is 8.98. The lowest BCUT2D eigenvalue weighted by Gasteiger charge is -2.36. The lowest BCUT2D eigenvalue weighted by Crippen LogP contribution is -2.54. The molecule has 2 aliphatic heterocycles. The first kappa shape index (κ1) is 23.5. The van der Waals surface area contributed by atoms with E-state index in [-0.39, 0.29) is 29.5 Å². The quantitative estimate of drug-likeness (QED) is 0.258. The third-order valence-electron chi connectivity index (χ3n) is 7.01. The number of hydrogen-bond acceptors (Lipinski definition) is 3. The van der Waals surface area contributed by atoms with E-state index in [9.17, 15) is 0 Å². The number of nitrogens with zero attached hydrogens (tertiary/aromatic N) is 3. The van der Waals surface area contributed by atoms with Crippen LogP contribution in [0.25, 0.3) is 0 Å². The first-order valence-corrected chi connectivity index (χ1v) is 11.4. The molecule has 1 saturated carbocycles. The van der Waals surface area contributed by atoms with E-state index in [1.165, 1.54) is 37.7 Å². The fourth-order valence-corrected chi connectivity index (χ4v) is 5.31. The van der Waals surface area contributed by atoms with Gasteiger partial charge in [-0.3, -0.25) is 9.89 Å². The second kappa shape index (κ2) is 11.0. The number of nitrogens with one attached hydrogen (secondary N) is 2. The van der Waals surface area contributed by atoms with Gasteiger partial charge in [0.2, 0.25) is 0 Å². The normalized spacial score (nSPS) is 24.8. The SMILES string of the molecule is CN=C(NCC1(NC(C)c2ccccc2)CCCC1)N1CCC(N2CC=CC2)C1.I.